The van der Waals surface area contributed by atoms with Gasteiger partial charge in [-0.1, -0.05) is 0 Å². The van der Waals surface area contributed by atoms with Gasteiger partial charge in [0, 0.05) is 23.4 Å². The number of nitrogens with zero attached hydrogens (tertiary/aromatic N) is 1. The predicted octanol–water partition coefficient (Wildman–Crippen LogP) is -0.366. The molecule has 0 fully saturated rings. The standard InChI is InChI=1S/C9H11NO3S.CH4S.Na/c1-13-9-4-3-8(10(11)12)5-7(9)6-14-2;1-2;/h3-5H,6H2,1-2H3;2H,1H3;/q;;+1/p-1. The van der Waals surface area contributed by atoms with Crippen LogP contribution in [0.1, 0.15) is 5.56 Å². The topological polar surface area (TPSA) is 52.4 Å². The van der Waals surface area contributed by atoms with Crippen LogP contribution in [0, 0.1) is 10.1 Å². The minimum Gasteiger partial charge on any atom is -0.796 e. The molecule has 0 amide bonds. The minimum atomic E-state index is -0.400. The molecule has 0 unspecified atom stereocenters. The van der Waals surface area contributed by atoms with Crippen molar-refractivity contribution < 1.29 is 39.2 Å². The Morgan fingerprint density at radius 2 is 2.06 bits per heavy atom. The van der Waals surface area contributed by atoms with Gasteiger partial charge in [-0.3, -0.25) is 10.1 Å². The first kappa shape index (κ1) is 19.5. The molecule has 90 valence electrons. The zero-order valence-electron chi connectivity index (χ0n) is 10.4. The van der Waals surface area contributed by atoms with Crippen molar-refractivity contribution in [1.82, 2.24) is 0 Å². The molecule has 0 aliphatic rings. The molecule has 0 aliphatic heterocycles. The van der Waals surface area contributed by atoms with E-state index in [0.29, 0.717) is 11.5 Å². The number of nitro benzene ring substituents is 1. The quantitative estimate of drug-likeness (QED) is 0.327. The molecule has 7 heteroatoms. The van der Waals surface area contributed by atoms with Crippen LogP contribution in [-0.4, -0.2) is 24.5 Å². The Balaban J connectivity index is 0. The molecule has 4 nitrogen and oxygen atoms in total. The number of thioether (sulfide) groups is 1. The first-order valence-corrected chi connectivity index (χ1v) is 6.61. The summed E-state index contributed by atoms with van der Waals surface area (Å²) >= 11 is 5.69. The molecular weight excluding hydrogens is 269 g/mol. The molecule has 0 radical (unpaired) electrons. The number of hydrogen-bond acceptors (Lipinski definition) is 5. The van der Waals surface area contributed by atoms with Crippen LogP contribution in [0.2, 0.25) is 0 Å². The number of hydrogen-bond donors (Lipinski definition) is 0. The van der Waals surface area contributed by atoms with Crippen molar-refractivity contribution >= 4 is 30.1 Å². The summed E-state index contributed by atoms with van der Waals surface area (Å²) in [7, 11) is 1.56. The second-order valence-corrected chi connectivity index (χ2v) is 3.55. The van der Waals surface area contributed by atoms with E-state index in [9.17, 15) is 10.1 Å². The third-order valence-corrected chi connectivity index (χ3v) is 2.37. The van der Waals surface area contributed by atoms with Gasteiger partial charge in [0.25, 0.3) is 5.69 Å². The summed E-state index contributed by atoms with van der Waals surface area (Å²) in [5.41, 5.74) is 0.962. The molecule has 1 rings (SSSR count). The number of nitro groups is 1. The zero-order valence-corrected chi connectivity index (χ0v) is 14.1. The van der Waals surface area contributed by atoms with Crippen LogP contribution in [0.3, 0.4) is 0 Å². The van der Waals surface area contributed by atoms with E-state index in [1.54, 1.807) is 37.3 Å². The van der Waals surface area contributed by atoms with E-state index in [0.717, 1.165) is 5.56 Å². The van der Waals surface area contributed by atoms with Gasteiger partial charge in [0.1, 0.15) is 5.75 Å². The second-order valence-electron chi connectivity index (χ2n) is 2.69. The smallest absolute Gasteiger partial charge is 0.796 e. The average Bonchev–Trinajstić information content (AvgIpc) is 2.32. The van der Waals surface area contributed by atoms with Crippen LogP contribution in [0.15, 0.2) is 18.2 Å². The van der Waals surface area contributed by atoms with Gasteiger partial charge in [-0.25, -0.2) is 0 Å². The van der Waals surface area contributed by atoms with Gasteiger partial charge in [0.15, 0.2) is 0 Å². The van der Waals surface area contributed by atoms with Crippen LogP contribution < -0.4 is 34.3 Å². The first-order chi connectivity index (χ1) is 7.69. The van der Waals surface area contributed by atoms with Crippen LogP contribution in [0.5, 0.6) is 5.75 Å². The van der Waals surface area contributed by atoms with Gasteiger partial charge in [-0.15, -0.1) is 0 Å². The summed E-state index contributed by atoms with van der Waals surface area (Å²) in [6, 6.07) is 4.63. The van der Waals surface area contributed by atoms with E-state index in [-0.39, 0.29) is 35.2 Å². The van der Waals surface area contributed by atoms with Crippen LogP contribution in [0.25, 0.3) is 0 Å². The number of methoxy groups -OCH3 is 1. The summed E-state index contributed by atoms with van der Waals surface area (Å²) in [6.45, 7) is 0. The zero-order chi connectivity index (χ0) is 12.6. The van der Waals surface area contributed by atoms with Crippen LogP contribution >= 0.6 is 11.8 Å². The summed E-state index contributed by atoms with van der Waals surface area (Å²) in [4.78, 5) is 10.1. The maximum Gasteiger partial charge on any atom is 1.00 e. The summed E-state index contributed by atoms with van der Waals surface area (Å²) in [6.07, 6.45) is 3.53. The minimum absolute atomic E-state index is 0. The van der Waals surface area contributed by atoms with Crippen molar-refractivity contribution in [3.05, 3.63) is 33.9 Å². The fraction of sp³-hybridized carbons (Fsp3) is 0.400. The Hall–Kier alpha value is 0.120. The molecule has 0 bridgehead atoms. The molecule has 0 atom stereocenters. The third kappa shape index (κ3) is 6.57. The molecule has 0 aromatic heterocycles. The van der Waals surface area contributed by atoms with Crippen molar-refractivity contribution in [3.8, 4) is 5.75 Å². The molecule has 0 aliphatic carbocycles. The monoisotopic (exact) mass is 283 g/mol. The fourth-order valence-electron chi connectivity index (χ4n) is 1.15. The Bertz CT molecular complexity index is 350. The largest absolute Gasteiger partial charge is 1.00 e. The molecule has 0 saturated carbocycles. The number of rotatable bonds is 4. The Morgan fingerprint density at radius 3 is 2.47 bits per heavy atom. The third-order valence-electron chi connectivity index (χ3n) is 1.77. The van der Waals surface area contributed by atoms with Crippen molar-refractivity contribution in [2.24, 2.45) is 0 Å². The molecular formula is C10H14NNaO3S2. The van der Waals surface area contributed by atoms with Crippen LogP contribution in [-0.2, 0) is 18.4 Å². The van der Waals surface area contributed by atoms with E-state index in [4.69, 9.17) is 4.74 Å². The Labute approximate surface area is 133 Å². The SMILES string of the molecule is COc1ccc([N+](=O)[O-])cc1CSC.C[S-].[Na+]. The van der Waals surface area contributed by atoms with Gasteiger partial charge in [0.05, 0.1) is 12.0 Å². The van der Waals surface area contributed by atoms with Crippen molar-refractivity contribution in [2.45, 2.75) is 5.75 Å². The fourth-order valence-corrected chi connectivity index (χ4v) is 1.68. The number of non-ortho nitro benzene ring substituents is 1. The van der Waals surface area contributed by atoms with E-state index in [1.807, 2.05) is 6.26 Å². The van der Waals surface area contributed by atoms with E-state index < -0.39 is 4.92 Å². The van der Waals surface area contributed by atoms with E-state index in [1.165, 1.54) is 6.07 Å². The first-order valence-electron chi connectivity index (χ1n) is 4.40. The van der Waals surface area contributed by atoms with Gasteiger partial charge in [-0.05, 0) is 12.3 Å². The Kier molecular flexibility index (Phi) is 12.8. The number of benzene rings is 1. The maximum absolute atomic E-state index is 10.5. The molecule has 1 aromatic carbocycles. The summed E-state index contributed by atoms with van der Waals surface area (Å²) in [5.74, 6) is 1.41. The normalized spacial score (nSPS) is 8.47. The maximum atomic E-state index is 10.5. The average molecular weight is 283 g/mol. The van der Waals surface area contributed by atoms with Crippen molar-refractivity contribution in [3.63, 3.8) is 0 Å². The number of ether oxygens (including phenoxy) is 1. The second kappa shape index (κ2) is 11.2. The molecule has 17 heavy (non-hydrogen) atoms. The Morgan fingerprint density at radius 1 is 1.47 bits per heavy atom. The molecule has 0 N–H and O–H groups in total. The molecule has 0 saturated heterocycles. The van der Waals surface area contributed by atoms with Crippen LogP contribution in [0.4, 0.5) is 5.69 Å². The molecule has 0 heterocycles. The summed E-state index contributed by atoms with van der Waals surface area (Å²) < 4.78 is 5.10. The summed E-state index contributed by atoms with van der Waals surface area (Å²) in [5, 5.41) is 10.5. The van der Waals surface area contributed by atoms with E-state index >= 15 is 0 Å². The predicted molar refractivity (Wildman–Crippen MR) is 70.2 cm³/mol. The van der Waals surface area contributed by atoms with Gasteiger partial charge in [-0.2, -0.15) is 18.0 Å². The van der Waals surface area contributed by atoms with Crippen molar-refractivity contribution in [1.29, 1.82) is 0 Å². The van der Waals surface area contributed by atoms with Gasteiger partial charge < -0.3 is 17.4 Å². The van der Waals surface area contributed by atoms with Gasteiger partial charge >= 0.3 is 29.6 Å². The molecule has 1 aromatic rings. The molecule has 0 spiro atoms. The van der Waals surface area contributed by atoms with Crippen molar-refractivity contribution in [2.75, 3.05) is 19.6 Å². The van der Waals surface area contributed by atoms with E-state index in [2.05, 4.69) is 12.6 Å². The van der Waals surface area contributed by atoms with Gasteiger partial charge in [0.2, 0.25) is 0 Å².